The monoisotopic (exact) mass is 677 g/mol. The van der Waals surface area contributed by atoms with Crippen molar-refractivity contribution in [3.8, 4) is 11.1 Å². The summed E-state index contributed by atoms with van der Waals surface area (Å²) in [6, 6.07) is 53.7. The van der Waals surface area contributed by atoms with Gasteiger partial charge in [0, 0.05) is 47.3 Å². The Morgan fingerprint density at radius 1 is 0.431 bits per heavy atom. The Labute approximate surface area is 297 Å². The van der Waals surface area contributed by atoms with Crippen molar-refractivity contribution in [2.75, 3.05) is 0 Å². The number of para-hydroxylation sites is 2. The first-order valence-corrected chi connectivity index (χ1v) is 18.2. The van der Waals surface area contributed by atoms with E-state index in [0.717, 1.165) is 60.6 Å². The summed E-state index contributed by atoms with van der Waals surface area (Å²) in [5.74, 6) is 0. The lowest BCUT2D eigenvalue weighted by atomic mass is 9.99. The molecule has 3 N–H and O–H groups in total. The van der Waals surface area contributed by atoms with Crippen LogP contribution in [0.25, 0.3) is 75.2 Å². The van der Waals surface area contributed by atoms with Crippen LogP contribution in [0.5, 0.6) is 0 Å². The van der Waals surface area contributed by atoms with Crippen molar-refractivity contribution in [2.24, 2.45) is 0 Å². The van der Waals surface area contributed by atoms with E-state index < -0.39 is 0 Å². The number of thiophene rings is 1. The first kappa shape index (κ1) is 29.0. The summed E-state index contributed by atoms with van der Waals surface area (Å²) in [6.07, 6.45) is -0.474. The molecule has 7 aromatic carbocycles. The molecule has 11 rings (SSSR count). The predicted molar refractivity (Wildman–Crippen MR) is 210 cm³/mol. The minimum atomic E-state index is -0.205. The first-order chi connectivity index (χ1) is 25.2. The number of furan rings is 2. The van der Waals surface area contributed by atoms with Gasteiger partial charge in [0.15, 0.2) is 0 Å². The van der Waals surface area contributed by atoms with Gasteiger partial charge in [-0.25, -0.2) is 0 Å². The number of fused-ring (bicyclic) bond motifs is 9. The highest BCUT2D eigenvalue weighted by atomic mass is 32.1. The van der Waals surface area contributed by atoms with E-state index in [2.05, 4.69) is 155 Å². The van der Waals surface area contributed by atoms with Gasteiger partial charge >= 0.3 is 0 Å². The van der Waals surface area contributed by atoms with Crippen molar-refractivity contribution in [3.05, 3.63) is 168 Å². The highest BCUT2D eigenvalue weighted by Crippen LogP contribution is 2.42. The molecule has 5 nitrogen and oxygen atoms in total. The second-order valence-electron chi connectivity index (χ2n) is 13.4. The van der Waals surface area contributed by atoms with Crippen molar-refractivity contribution >= 4 is 75.4 Å². The van der Waals surface area contributed by atoms with Gasteiger partial charge in [0.2, 0.25) is 0 Å². The summed E-state index contributed by atoms with van der Waals surface area (Å²) >= 11 is 1.86. The van der Waals surface area contributed by atoms with Crippen molar-refractivity contribution in [1.82, 2.24) is 16.0 Å². The minimum Gasteiger partial charge on any atom is -0.456 e. The van der Waals surface area contributed by atoms with E-state index in [1.807, 2.05) is 23.5 Å². The summed E-state index contributed by atoms with van der Waals surface area (Å²) in [5.41, 5.74) is 9.31. The van der Waals surface area contributed by atoms with Gasteiger partial charge in [0.05, 0.1) is 18.5 Å². The maximum atomic E-state index is 6.72. The molecule has 6 heteroatoms. The van der Waals surface area contributed by atoms with E-state index in [9.17, 15) is 0 Å². The van der Waals surface area contributed by atoms with Crippen LogP contribution in [0.2, 0.25) is 0 Å². The summed E-state index contributed by atoms with van der Waals surface area (Å²) in [6.45, 7) is 0. The van der Waals surface area contributed by atoms with Crippen molar-refractivity contribution in [3.63, 3.8) is 0 Å². The number of rotatable bonds is 4. The highest BCUT2D eigenvalue weighted by Gasteiger charge is 2.32. The molecule has 1 aliphatic rings. The van der Waals surface area contributed by atoms with Gasteiger partial charge in [0.25, 0.3) is 0 Å². The average molecular weight is 678 g/mol. The third-order valence-electron chi connectivity index (χ3n) is 10.4. The summed E-state index contributed by atoms with van der Waals surface area (Å²) in [4.78, 5) is 0. The molecule has 0 aliphatic carbocycles. The second kappa shape index (κ2) is 11.4. The predicted octanol–water partition coefficient (Wildman–Crippen LogP) is 11.7. The molecular weight excluding hydrogens is 647 g/mol. The van der Waals surface area contributed by atoms with Crippen LogP contribution in [0.3, 0.4) is 0 Å². The summed E-state index contributed by atoms with van der Waals surface area (Å²) < 4.78 is 15.6. The van der Waals surface area contributed by atoms with E-state index in [4.69, 9.17) is 8.83 Å². The lowest BCUT2D eigenvalue weighted by Crippen LogP contribution is -2.54. The highest BCUT2D eigenvalue weighted by molar-refractivity contribution is 7.26. The Balaban J connectivity index is 1.01. The zero-order valence-electron chi connectivity index (χ0n) is 27.4. The van der Waals surface area contributed by atoms with E-state index in [0.29, 0.717) is 0 Å². The molecule has 0 saturated carbocycles. The largest absolute Gasteiger partial charge is 0.456 e. The van der Waals surface area contributed by atoms with Gasteiger partial charge in [-0.1, -0.05) is 121 Å². The van der Waals surface area contributed by atoms with Crippen LogP contribution < -0.4 is 16.0 Å². The van der Waals surface area contributed by atoms with Crippen molar-refractivity contribution in [2.45, 2.75) is 18.5 Å². The Bertz CT molecular complexity index is 2940. The van der Waals surface area contributed by atoms with Gasteiger partial charge in [-0.15, -0.1) is 11.3 Å². The molecule has 4 heterocycles. The van der Waals surface area contributed by atoms with Gasteiger partial charge < -0.3 is 8.83 Å². The van der Waals surface area contributed by atoms with Crippen LogP contribution in [0, 0.1) is 0 Å². The maximum absolute atomic E-state index is 6.72. The maximum Gasteiger partial charge on any atom is 0.141 e. The lowest BCUT2D eigenvalue weighted by molar-refractivity contribution is 0.203. The van der Waals surface area contributed by atoms with Gasteiger partial charge in [-0.2, -0.15) is 0 Å². The molecule has 0 bridgehead atoms. The molecule has 51 heavy (non-hydrogen) atoms. The van der Waals surface area contributed by atoms with Crippen LogP contribution in [0.4, 0.5) is 0 Å². The van der Waals surface area contributed by atoms with Crippen molar-refractivity contribution in [1.29, 1.82) is 0 Å². The van der Waals surface area contributed by atoms with E-state index in [1.54, 1.807) is 0 Å². The molecule has 1 saturated heterocycles. The molecule has 1 aliphatic heterocycles. The normalized spacial score (nSPS) is 18.2. The molecule has 0 amide bonds. The van der Waals surface area contributed by atoms with Crippen LogP contribution in [-0.4, -0.2) is 0 Å². The Morgan fingerprint density at radius 3 is 2.06 bits per heavy atom. The van der Waals surface area contributed by atoms with Gasteiger partial charge in [-0.3, -0.25) is 16.0 Å². The zero-order chi connectivity index (χ0) is 33.5. The van der Waals surface area contributed by atoms with Gasteiger partial charge in [-0.05, 0) is 52.6 Å². The summed E-state index contributed by atoms with van der Waals surface area (Å²) in [7, 11) is 0. The van der Waals surface area contributed by atoms with Crippen molar-refractivity contribution < 1.29 is 8.83 Å². The van der Waals surface area contributed by atoms with E-state index >= 15 is 0 Å². The number of nitrogens with one attached hydrogen (secondary N) is 3. The number of hydrogen-bond acceptors (Lipinski definition) is 6. The topological polar surface area (TPSA) is 62.4 Å². The molecule has 244 valence electrons. The fourth-order valence-corrected chi connectivity index (χ4v) is 9.20. The third-order valence-corrected chi connectivity index (χ3v) is 11.6. The molecule has 3 aromatic heterocycles. The molecule has 3 atom stereocenters. The van der Waals surface area contributed by atoms with Crippen LogP contribution in [0.15, 0.2) is 160 Å². The van der Waals surface area contributed by atoms with Crippen LogP contribution >= 0.6 is 11.3 Å². The molecule has 3 unspecified atom stereocenters. The van der Waals surface area contributed by atoms with E-state index in [1.165, 1.54) is 31.3 Å². The molecule has 0 spiro atoms. The molecule has 0 radical (unpaired) electrons. The third kappa shape index (κ3) is 4.65. The molecule has 10 aromatic rings. The Hall–Kier alpha value is -5.76. The van der Waals surface area contributed by atoms with Crippen LogP contribution in [-0.2, 0) is 0 Å². The Kier molecular flexibility index (Phi) is 6.48. The molecular formula is C45H31N3O2S. The fourth-order valence-electron chi connectivity index (χ4n) is 7.97. The molecule has 1 fully saturated rings. The summed E-state index contributed by atoms with van der Waals surface area (Å²) in [5, 5.41) is 18.6. The zero-order valence-corrected chi connectivity index (χ0v) is 28.2. The average Bonchev–Trinajstić information content (AvgIpc) is 3.88. The number of hydrogen-bond donors (Lipinski definition) is 3. The van der Waals surface area contributed by atoms with Crippen LogP contribution in [0.1, 0.15) is 35.2 Å². The smallest absolute Gasteiger partial charge is 0.141 e. The number of benzene rings is 7. The van der Waals surface area contributed by atoms with Gasteiger partial charge in [0.1, 0.15) is 22.3 Å². The Morgan fingerprint density at radius 2 is 1.14 bits per heavy atom. The minimum absolute atomic E-state index is 0.109. The fraction of sp³-hybridized carbons (Fsp3) is 0.0667. The standard InChI is InChI=1S/C45H31N3O2S/c1-2-10-26(11-3-1)43-46-44(28-20-22-31-30-12-4-6-18-37(30)49-39(31)25-28)48-45(47-43)35-17-9-15-33-36-24-27(21-23-38(36)50-41(33)35)29-14-8-16-34-32-13-5-7-19-40(32)51-42(29)34/h1-25,43-48H. The SMILES string of the molecule is c1ccc(C2NC(c3ccc4c(c3)oc3ccccc34)NC(c3cccc4c3oc3ccc(-c5cccc6c5sc5ccccc56)cc34)N2)cc1. The lowest BCUT2D eigenvalue weighted by Gasteiger charge is -2.39. The first-order valence-electron chi connectivity index (χ1n) is 17.4. The second-order valence-corrected chi connectivity index (χ2v) is 14.4. The van der Waals surface area contributed by atoms with E-state index in [-0.39, 0.29) is 18.5 Å². The quantitative estimate of drug-likeness (QED) is 0.173.